The Bertz CT molecular complexity index is 1460. The van der Waals surface area contributed by atoms with Crippen molar-refractivity contribution in [2.75, 3.05) is 5.32 Å². The minimum Gasteiger partial charge on any atom is -0.319 e. The van der Waals surface area contributed by atoms with E-state index >= 15 is 0 Å². The van der Waals surface area contributed by atoms with Crippen molar-refractivity contribution in [2.45, 2.75) is 11.8 Å². The van der Waals surface area contributed by atoms with Crippen LogP contribution in [-0.4, -0.2) is 19.2 Å². The highest BCUT2D eigenvalue weighted by Gasteiger charge is 2.22. The number of anilines is 1. The number of sulfonamides is 1. The lowest BCUT2D eigenvalue weighted by Gasteiger charge is -2.12. The minimum absolute atomic E-state index is 0.0407. The van der Waals surface area contributed by atoms with Gasteiger partial charge in [-0.15, -0.1) is 0 Å². The summed E-state index contributed by atoms with van der Waals surface area (Å²) in [4.78, 5) is 23.1. The van der Waals surface area contributed by atoms with Crippen molar-refractivity contribution in [1.29, 1.82) is 0 Å². The molecule has 0 aliphatic heterocycles. The third kappa shape index (κ3) is 5.58. The zero-order valence-corrected chi connectivity index (χ0v) is 21.4. The van der Waals surface area contributed by atoms with Gasteiger partial charge < -0.3 is 5.32 Å². The normalized spacial score (nSPS) is 12.1. The Morgan fingerprint density at radius 1 is 1.09 bits per heavy atom. The number of carbonyl (C=O) groups excluding carboxylic acids is 1. The first-order valence-electron chi connectivity index (χ1n) is 9.44. The smallest absolute Gasteiger partial charge is 0.284 e. The van der Waals surface area contributed by atoms with Crippen molar-refractivity contribution >= 4 is 64.7 Å². The third-order valence-corrected chi connectivity index (χ3v) is 6.93. The number of nitro benzene ring substituents is 1. The largest absolute Gasteiger partial charge is 0.319 e. The number of nitrogens with zero attached hydrogens (tertiary/aromatic N) is 1. The molecular weight excluding hydrogens is 597 g/mol. The Labute approximate surface area is 211 Å². The number of nitrogens with one attached hydrogen (secondary N) is 1. The van der Waals surface area contributed by atoms with Crippen molar-refractivity contribution in [3.63, 3.8) is 0 Å². The molecule has 0 aromatic heterocycles. The molecule has 0 unspecified atom stereocenters. The molecule has 0 radical (unpaired) electrons. The van der Waals surface area contributed by atoms with Gasteiger partial charge >= 0.3 is 0 Å². The second-order valence-electron chi connectivity index (χ2n) is 7.05. The molecule has 8 nitrogen and oxygen atoms in total. The van der Waals surface area contributed by atoms with Gasteiger partial charge in [0.25, 0.3) is 11.6 Å². The number of carbonyl (C=O) groups is 1. The third-order valence-electron chi connectivity index (χ3n) is 4.81. The average Bonchev–Trinajstić information content (AvgIpc) is 2.78. The van der Waals surface area contributed by atoms with E-state index in [0.717, 1.165) is 0 Å². The molecule has 0 bridgehead atoms. The van der Waals surface area contributed by atoms with E-state index in [1.807, 2.05) is 0 Å². The summed E-state index contributed by atoms with van der Waals surface area (Å²) in [5, 5.41) is 19.0. The molecule has 0 aliphatic rings. The maximum absolute atomic E-state index is 14.9. The number of hydrogen-bond donors (Lipinski definition) is 2. The van der Waals surface area contributed by atoms with E-state index in [1.54, 1.807) is 24.3 Å². The SMILES string of the molecule is C/C(=C(\F)C(=O)Nc1ccc(-c2ccccc2S(N)(=O)=O)cc1Br)c1cc(Br)ccc1[N+](=O)[O-]. The average molecular weight is 613 g/mol. The van der Waals surface area contributed by atoms with Crippen LogP contribution in [0.1, 0.15) is 12.5 Å². The van der Waals surface area contributed by atoms with Crippen molar-refractivity contribution in [3.8, 4) is 11.1 Å². The highest BCUT2D eigenvalue weighted by atomic mass is 79.9. The van der Waals surface area contributed by atoms with Gasteiger partial charge in [0, 0.05) is 26.1 Å². The molecule has 0 atom stereocenters. The molecule has 0 saturated heterocycles. The van der Waals surface area contributed by atoms with Crippen LogP contribution in [0.5, 0.6) is 0 Å². The van der Waals surface area contributed by atoms with E-state index in [2.05, 4.69) is 37.2 Å². The molecule has 0 heterocycles. The van der Waals surface area contributed by atoms with Crippen LogP contribution in [0, 0.1) is 10.1 Å². The Hall–Kier alpha value is -2.93. The van der Waals surface area contributed by atoms with Gasteiger partial charge in [-0.3, -0.25) is 14.9 Å². The molecule has 34 heavy (non-hydrogen) atoms. The van der Waals surface area contributed by atoms with Crippen LogP contribution in [0.3, 0.4) is 0 Å². The molecule has 1 amide bonds. The molecule has 0 saturated carbocycles. The first-order chi connectivity index (χ1) is 15.9. The van der Waals surface area contributed by atoms with Gasteiger partial charge in [-0.2, -0.15) is 0 Å². The monoisotopic (exact) mass is 611 g/mol. The van der Waals surface area contributed by atoms with E-state index in [9.17, 15) is 27.7 Å². The molecule has 3 aromatic carbocycles. The molecule has 3 N–H and O–H groups in total. The number of nitro groups is 1. The highest BCUT2D eigenvalue weighted by molar-refractivity contribution is 9.10. The van der Waals surface area contributed by atoms with Gasteiger partial charge in [0.05, 0.1) is 21.1 Å². The molecule has 176 valence electrons. The van der Waals surface area contributed by atoms with Gasteiger partial charge in [-0.1, -0.05) is 40.2 Å². The second kappa shape index (κ2) is 10.1. The Kier molecular flexibility index (Phi) is 7.66. The van der Waals surface area contributed by atoms with E-state index in [-0.39, 0.29) is 27.4 Å². The number of nitrogens with two attached hydrogens (primary N) is 1. The van der Waals surface area contributed by atoms with E-state index in [4.69, 9.17) is 5.14 Å². The van der Waals surface area contributed by atoms with Crippen LogP contribution >= 0.6 is 31.9 Å². The van der Waals surface area contributed by atoms with Crippen molar-refractivity contribution < 1.29 is 22.5 Å². The first-order valence-corrected chi connectivity index (χ1v) is 12.6. The van der Waals surface area contributed by atoms with Gasteiger partial charge in [0.1, 0.15) is 0 Å². The van der Waals surface area contributed by atoms with Crippen LogP contribution in [-0.2, 0) is 14.8 Å². The lowest BCUT2D eigenvalue weighted by Crippen LogP contribution is -2.14. The zero-order chi connectivity index (χ0) is 25.2. The topological polar surface area (TPSA) is 132 Å². The first kappa shape index (κ1) is 25.7. The van der Waals surface area contributed by atoms with E-state index in [0.29, 0.717) is 20.1 Å². The van der Waals surface area contributed by atoms with Crippen LogP contribution < -0.4 is 10.5 Å². The summed E-state index contributed by atoms with van der Waals surface area (Å²) in [5.74, 6) is -2.30. The summed E-state index contributed by atoms with van der Waals surface area (Å²) < 4.78 is 39.5. The number of benzene rings is 3. The summed E-state index contributed by atoms with van der Waals surface area (Å²) in [7, 11) is -3.98. The Morgan fingerprint density at radius 2 is 1.76 bits per heavy atom. The standard InChI is InChI=1S/C22H16Br2FN3O5S/c1-12(16-11-14(23)7-9-19(16)28(30)31)21(25)22(29)27-18-8-6-13(10-17(18)24)15-4-2-3-5-20(15)34(26,32)33/h2-11H,1H3,(H,27,29)(H2,26,32,33)/b21-12+. The summed E-state index contributed by atoms with van der Waals surface area (Å²) in [6.07, 6.45) is 0. The fourth-order valence-corrected chi connectivity index (χ4v) is 4.77. The van der Waals surface area contributed by atoms with Gasteiger partial charge in [0.15, 0.2) is 5.83 Å². The summed E-state index contributed by atoms with van der Waals surface area (Å²) in [6.45, 7) is 1.27. The molecule has 0 fully saturated rings. The second-order valence-corrected chi connectivity index (χ2v) is 10.3. The summed E-state index contributed by atoms with van der Waals surface area (Å²) in [6, 6.07) is 14.7. The van der Waals surface area contributed by atoms with Crippen LogP contribution in [0.15, 0.2) is 80.3 Å². The van der Waals surface area contributed by atoms with Crippen molar-refractivity contribution in [2.24, 2.45) is 5.14 Å². The lowest BCUT2D eigenvalue weighted by molar-refractivity contribution is -0.385. The number of rotatable bonds is 6. The number of hydrogen-bond acceptors (Lipinski definition) is 5. The fraction of sp³-hybridized carbons (Fsp3) is 0.0455. The Morgan fingerprint density at radius 3 is 2.38 bits per heavy atom. The quantitative estimate of drug-likeness (QED) is 0.207. The van der Waals surface area contributed by atoms with Crippen LogP contribution in [0.2, 0.25) is 0 Å². The highest BCUT2D eigenvalue weighted by Crippen LogP contribution is 2.34. The molecule has 3 aromatic rings. The summed E-state index contributed by atoms with van der Waals surface area (Å²) >= 11 is 6.48. The Balaban J connectivity index is 1.94. The van der Waals surface area contributed by atoms with E-state index in [1.165, 1.54) is 43.3 Å². The zero-order valence-electron chi connectivity index (χ0n) is 17.4. The lowest BCUT2D eigenvalue weighted by atomic mass is 10.0. The fourth-order valence-electron chi connectivity index (χ4n) is 3.17. The maximum Gasteiger partial charge on any atom is 0.284 e. The van der Waals surface area contributed by atoms with Crippen molar-refractivity contribution in [1.82, 2.24) is 0 Å². The predicted octanol–water partition coefficient (Wildman–Crippen LogP) is 5.77. The van der Waals surface area contributed by atoms with Gasteiger partial charge in [0.2, 0.25) is 10.0 Å². The molecule has 0 spiro atoms. The molecule has 3 rings (SSSR count). The van der Waals surface area contributed by atoms with Gasteiger partial charge in [-0.05, 0) is 58.7 Å². The number of halogens is 3. The number of allylic oxidation sites excluding steroid dienone is 1. The predicted molar refractivity (Wildman–Crippen MR) is 134 cm³/mol. The molecule has 0 aliphatic carbocycles. The van der Waals surface area contributed by atoms with Crippen molar-refractivity contribution in [3.05, 3.63) is 91.1 Å². The van der Waals surface area contributed by atoms with Gasteiger partial charge in [-0.25, -0.2) is 17.9 Å². The van der Waals surface area contributed by atoms with Crippen LogP contribution in [0.4, 0.5) is 15.8 Å². The van der Waals surface area contributed by atoms with Crippen LogP contribution in [0.25, 0.3) is 16.7 Å². The molecular formula is C22H16Br2FN3O5S. The number of amides is 1. The number of primary sulfonamides is 1. The summed E-state index contributed by atoms with van der Waals surface area (Å²) in [5.41, 5.74) is 0.455. The van der Waals surface area contributed by atoms with E-state index < -0.39 is 26.7 Å². The minimum atomic E-state index is -3.98. The molecule has 12 heteroatoms. The maximum atomic E-state index is 14.9.